The molecule has 108 valence electrons. The van der Waals surface area contributed by atoms with E-state index in [0.717, 1.165) is 18.0 Å². The number of halogens is 1. The van der Waals surface area contributed by atoms with Crippen LogP contribution in [0.5, 0.6) is 0 Å². The normalized spacial score (nSPS) is 12.9. The van der Waals surface area contributed by atoms with Crippen molar-refractivity contribution in [2.24, 2.45) is 0 Å². The molecule has 1 atom stereocenters. The van der Waals surface area contributed by atoms with Crippen molar-refractivity contribution in [2.75, 3.05) is 19.8 Å². The van der Waals surface area contributed by atoms with Gasteiger partial charge in [-0.1, -0.05) is 23.7 Å². The predicted octanol–water partition coefficient (Wildman–Crippen LogP) is 3.78. The third-order valence-electron chi connectivity index (χ3n) is 2.88. The van der Waals surface area contributed by atoms with E-state index in [1.54, 1.807) is 0 Å². The average molecular weight is 286 g/mol. The number of hydrogen-bond donors (Lipinski definition) is 1. The molecule has 1 aromatic carbocycles. The van der Waals surface area contributed by atoms with Crippen LogP contribution in [0.1, 0.15) is 38.8 Å². The summed E-state index contributed by atoms with van der Waals surface area (Å²) >= 11 is 5.99. The summed E-state index contributed by atoms with van der Waals surface area (Å²) < 4.78 is 11.0. The summed E-state index contributed by atoms with van der Waals surface area (Å²) in [5.41, 5.74) is 1.19. The van der Waals surface area contributed by atoms with Crippen LogP contribution in [0.2, 0.25) is 5.02 Å². The van der Waals surface area contributed by atoms with Crippen LogP contribution in [-0.2, 0) is 9.47 Å². The second-order valence-corrected chi connectivity index (χ2v) is 4.80. The molecule has 1 rings (SSSR count). The van der Waals surface area contributed by atoms with Crippen LogP contribution < -0.4 is 5.32 Å². The quantitative estimate of drug-likeness (QED) is 0.701. The Morgan fingerprint density at radius 1 is 1.21 bits per heavy atom. The van der Waals surface area contributed by atoms with Crippen LogP contribution in [0.3, 0.4) is 0 Å². The summed E-state index contributed by atoms with van der Waals surface area (Å²) in [5.74, 6) is 0. The predicted molar refractivity (Wildman–Crippen MR) is 79.5 cm³/mol. The van der Waals surface area contributed by atoms with Gasteiger partial charge in [-0.15, -0.1) is 0 Å². The molecule has 0 spiro atoms. The molecule has 0 fully saturated rings. The zero-order valence-corrected chi connectivity index (χ0v) is 12.7. The molecular formula is C15H24ClNO2. The van der Waals surface area contributed by atoms with Gasteiger partial charge in [0.15, 0.2) is 6.29 Å². The zero-order valence-electron chi connectivity index (χ0n) is 12.0. The van der Waals surface area contributed by atoms with Gasteiger partial charge in [0, 0.05) is 37.2 Å². The van der Waals surface area contributed by atoms with Crippen molar-refractivity contribution < 1.29 is 9.47 Å². The van der Waals surface area contributed by atoms with Crippen molar-refractivity contribution in [3.63, 3.8) is 0 Å². The Kier molecular flexibility index (Phi) is 8.07. The van der Waals surface area contributed by atoms with Crippen molar-refractivity contribution in [1.29, 1.82) is 0 Å². The number of ether oxygens (including phenoxy) is 2. The summed E-state index contributed by atoms with van der Waals surface area (Å²) in [6.45, 7) is 8.28. The van der Waals surface area contributed by atoms with Gasteiger partial charge in [0.1, 0.15) is 0 Å². The van der Waals surface area contributed by atoms with E-state index < -0.39 is 0 Å². The second-order valence-electron chi connectivity index (χ2n) is 4.36. The number of hydrogen-bond acceptors (Lipinski definition) is 3. The third-order valence-corrected chi connectivity index (χ3v) is 3.12. The number of benzene rings is 1. The minimum Gasteiger partial charge on any atom is -0.353 e. The highest BCUT2D eigenvalue weighted by molar-refractivity contribution is 6.30. The van der Waals surface area contributed by atoms with E-state index in [2.05, 4.69) is 18.3 Å². The lowest BCUT2D eigenvalue weighted by Crippen LogP contribution is -2.26. The highest BCUT2D eigenvalue weighted by atomic mass is 35.5. The number of nitrogens with one attached hydrogen (secondary N) is 1. The molecule has 4 heteroatoms. The maximum Gasteiger partial charge on any atom is 0.158 e. The molecule has 0 amide bonds. The first-order chi connectivity index (χ1) is 9.17. The van der Waals surface area contributed by atoms with Gasteiger partial charge < -0.3 is 14.8 Å². The Bertz CT molecular complexity index is 354. The minimum atomic E-state index is -0.117. The standard InChI is InChI=1S/C15H24ClNO2/c1-4-18-15(19-5-2)9-10-17-12(3)13-7-6-8-14(16)11-13/h6-8,11-12,15,17H,4-5,9-10H2,1-3H3. The van der Waals surface area contributed by atoms with Gasteiger partial charge in [0.05, 0.1) is 0 Å². The third kappa shape index (κ3) is 6.39. The van der Waals surface area contributed by atoms with Crippen LogP contribution in [0.4, 0.5) is 0 Å². The lowest BCUT2D eigenvalue weighted by Gasteiger charge is -2.19. The Morgan fingerprint density at radius 2 is 1.89 bits per heavy atom. The minimum absolute atomic E-state index is 0.117. The zero-order chi connectivity index (χ0) is 14.1. The second kappa shape index (κ2) is 9.32. The van der Waals surface area contributed by atoms with Crippen LogP contribution in [0.25, 0.3) is 0 Å². The molecule has 0 bridgehead atoms. The molecule has 3 nitrogen and oxygen atoms in total. The van der Waals surface area contributed by atoms with Crippen molar-refractivity contribution in [3.8, 4) is 0 Å². The van der Waals surface area contributed by atoms with Crippen LogP contribution in [-0.4, -0.2) is 26.0 Å². The highest BCUT2D eigenvalue weighted by Gasteiger charge is 2.09. The van der Waals surface area contributed by atoms with Gasteiger partial charge in [-0.3, -0.25) is 0 Å². The van der Waals surface area contributed by atoms with Gasteiger partial charge in [-0.25, -0.2) is 0 Å². The van der Waals surface area contributed by atoms with Crippen LogP contribution in [0, 0.1) is 0 Å². The molecule has 1 aromatic rings. The van der Waals surface area contributed by atoms with Crippen molar-refractivity contribution >= 4 is 11.6 Å². The summed E-state index contributed by atoms with van der Waals surface area (Å²) in [6.07, 6.45) is 0.723. The van der Waals surface area contributed by atoms with Gasteiger partial charge in [0.25, 0.3) is 0 Å². The topological polar surface area (TPSA) is 30.5 Å². The molecule has 0 radical (unpaired) electrons. The molecular weight excluding hydrogens is 262 g/mol. The smallest absolute Gasteiger partial charge is 0.158 e. The average Bonchev–Trinajstić information content (AvgIpc) is 2.39. The first-order valence-corrected chi connectivity index (χ1v) is 7.27. The van der Waals surface area contributed by atoms with Crippen molar-refractivity contribution in [1.82, 2.24) is 5.32 Å². The monoisotopic (exact) mass is 285 g/mol. The van der Waals surface area contributed by atoms with Gasteiger partial charge in [0.2, 0.25) is 0 Å². The Hall–Kier alpha value is -0.610. The molecule has 0 saturated heterocycles. The first kappa shape index (κ1) is 16.4. The Balaban J connectivity index is 2.35. The maximum absolute atomic E-state index is 5.99. The molecule has 19 heavy (non-hydrogen) atoms. The van der Waals surface area contributed by atoms with Crippen molar-refractivity contribution in [2.45, 2.75) is 39.5 Å². The molecule has 1 unspecified atom stereocenters. The van der Waals surface area contributed by atoms with E-state index in [1.165, 1.54) is 5.56 Å². The molecule has 1 N–H and O–H groups in total. The summed E-state index contributed by atoms with van der Waals surface area (Å²) in [7, 11) is 0. The summed E-state index contributed by atoms with van der Waals surface area (Å²) in [5, 5.41) is 4.23. The van der Waals surface area contributed by atoms with Gasteiger partial charge >= 0.3 is 0 Å². The summed E-state index contributed by atoms with van der Waals surface area (Å²) in [6, 6.07) is 8.19. The first-order valence-electron chi connectivity index (χ1n) is 6.89. The fraction of sp³-hybridized carbons (Fsp3) is 0.600. The highest BCUT2D eigenvalue weighted by Crippen LogP contribution is 2.17. The van der Waals surface area contributed by atoms with Gasteiger partial charge in [-0.2, -0.15) is 0 Å². The van der Waals surface area contributed by atoms with E-state index in [1.807, 2.05) is 32.0 Å². The number of rotatable bonds is 9. The molecule has 0 aliphatic rings. The van der Waals surface area contributed by atoms with Crippen molar-refractivity contribution in [3.05, 3.63) is 34.9 Å². The van der Waals surface area contributed by atoms with E-state index >= 15 is 0 Å². The summed E-state index contributed by atoms with van der Waals surface area (Å²) in [4.78, 5) is 0. The SMILES string of the molecule is CCOC(CCNC(C)c1cccc(Cl)c1)OCC. The lowest BCUT2D eigenvalue weighted by atomic mass is 10.1. The van der Waals surface area contributed by atoms with E-state index in [0.29, 0.717) is 13.2 Å². The van der Waals surface area contributed by atoms with E-state index in [-0.39, 0.29) is 12.3 Å². The van der Waals surface area contributed by atoms with E-state index in [4.69, 9.17) is 21.1 Å². The Labute approximate surface area is 121 Å². The van der Waals surface area contributed by atoms with E-state index in [9.17, 15) is 0 Å². The van der Waals surface area contributed by atoms with Crippen LogP contribution in [0.15, 0.2) is 24.3 Å². The molecule has 0 aromatic heterocycles. The van der Waals surface area contributed by atoms with Crippen LogP contribution >= 0.6 is 11.6 Å². The maximum atomic E-state index is 5.99. The lowest BCUT2D eigenvalue weighted by molar-refractivity contribution is -0.138. The Morgan fingerprint density at radius 3 is 2.47 bits per heavy atom. The fourth-order valence-corrected chi connectivity index (χ4v) is 2.10. The van der Waals surface area contributed by atoms with Gasteiger partial charge in [-0.05, 0) is 38.5 Å². The molecule has 0 aliphatic carbocycles. The molecule has 0 saturated carbocycles. The molecule has 0 aliphatic heterocycles. The largest absolute Gasteiger partial charge is 0.353 e. The molecule has 0 heterocycles. The fourth-order valence-electron chi connectivity index (χ4n) is 1.90.